The highest BCUT2D eigenvalue weighted by Crippen LogP contribution is 2.33. The Balaban J connectivity index is 1.69. The second kappa shape index (κ2) is 7.80. The number of likely N-dealkylation sites (tertiary alicyclic amines) is 1. The van der Waals surface area contributed by atoms with Crippen LogP contribution in [0.15, 0.2) is 29.6 Å². The average Bonchev–Trinajstić information content (AvgIpc) is 3.10. The highest BCUT2D eigenvalue weighted by molar-refractivity contribution is 7.88. The minimum Gasteiger partial charge on any atom is -0.337 e. The van der Waals surface area contributed by atoms with E-state index < -0.39 is 21.8 Å². The maximum absolute atomic E-state index is 12.9. The zero-order valence-corrected chi connectivity index (χ0v) is 16.5. The van der Waals surface area contributed by atoms with E-state index in [0.29, 0.717) is 36.5 Å². The van der Waals surface area contributed by atoms with Crippen molar-refractivity contribution >= 4 is 27.3 Å². The molecule has 28 heavy (non-hydrogen) atoms. The summed E-state index contributed by atoms with van der Waals surface area (Å²) in [4.78, 5) is 18.4. The minimum atomic E-state index is -4.45. The summed E-state index contributed by atoms with van der Waals surface area (Å²) < 4.78 is 63.7. The largest absolute Gasteiger partial charge is 0.416 e. The second-order valence-electron chi connectivity index (χ2n) is 6.57. The molecule has 1 aliphatic heterocycles. The maximum Gasteiger partial charge on any atom is 0.416 e. The van der Waals surface area contributed by atoms with E-state index in [-0.39, 0.29) is 17.6 Å². The SMILES string of the molecule is CS(=O)(=O)NC1CCN(C(=O)c2csc(-c3cccc(C(F)(F)F)c3)n2)CC1. The van der Waals surface area contributed by atoms with E-state index in [4.69, 9.17) is 0 Å². The van der Waals surface area contributed by atoms with Gasteiger partial charge in [0.1, 0.15) is 10.7 Å². The van der Waals surface area contributed by atoms with Crippen LogP contribution in [-0.4, -0.2) is 49.6 Å². The molecular weight excluding hydrogens is 415 g/mol. The zero-order chi connectivity index (χ0) is 20.5. The van der Waals surface area contributed by atoms with Crippen LogP contribution in [-0.2, 0) is 16.2 Å². The first-order valence-electron chi connectivity index (χ1n) is 8.43. The molecule has 1 saturated heterocycles. The lowest BCUT2D eigenvalue weighted by Crippen LogP contribution is -2.46. The molecule has 0 spiro atoms. The molecule has 0 saturated carbocycles. The van der Waals surface area contributed by atoms with Crippen molar-refractivity contribution in [3.05, 3.63) is 40.9 Å². The van der Waals surface area contributed by atoms with Gasteiger partial charge in [0, 0.05) is 30.1 Å². The number of hydrogen-bond acceptors (Lipinski definition) is 5. The Kier molecular flexibility index (Phi) is 5.78. The number of rotatable bonds is 4. The molecule has 1 amide bonds. The molecule has 1 N–H and O–H groups in total. The summed E-state index contributed by atoms with van der Waals surface area (Å²) >= 11 is 1.11. The van der Waals surface area contributed by atoms with Gasteiger partial charge >= 0.3 is 6.18 Å². The fourth-order valence-corrected chi connectivity index (χ4v) is 4.63. The van der Waals surface area contributed by atoms with Crippen LogP contribution in [0.1, 0.15) is 28.9 Å². The van der Waals surface area contributed by atoms with Crippen LogP contribution in [0.25, 0.3) is 10.6 Å². The summed E-state index contributed by atoms with van der Waals surface area (Å²) in [7, 11) is -3.30. The van der Waals surface area contributed by atoms with Crippen molar-refractivity contribution in [1.29, 1.82) is 0 Å². The number of sulfonamides is 1. The molecule has 2 heterocycles. The molecule has 1 aliphatic rings. The van der Waals surface area contributed by atoms with Crippen molar-refractivity contribution in [2.45, 2.75) is 25.1 Å². The zero-order valence-electron chi connectivity index (χ0n) is 14.9. The lowest BCUT2D eigenvalue weighted by Gasteiger charge is -2.31. The first kappa shape index (κ1) is 20.7. The number of aromatic nitrogens is 1. The maximum atomic E-state index is 12.9. The van der Waals surface area contributed by atoms with E-state index in [0.717, 1.165) is 29.7 Å². The number of alkyl halides is 3. The molecule has 3 rings (SSSR count). The number of carbonyl (C=O) groups excluding carboxylic acids is 1. The summed E-state index contributed by atoms with van der Waals surface area (Å²) in [5.41, 5.74) is -0.296. The summed E-state index contributed by atoms with van der Waals surface area (Å²) in [6.45, 7) is 0.755. The Morgan fingerprint density at radius 3 is 2.57 bits per heavy atom. The van der Waals surface area contributed by atoms with Crippen molar-refractivity contribution in [3.8, 4) is 10.6 Å². The first-order valence-corrected chi connectivity index (χ1v) is 11.2. The van der Waals surface area contributed by atoms with E-state index >= 15 is 0 Å². The monoisotopic (exact) mass is 433 g/mol. The Labute approximate surface area is 164 Å². The summed E-state index contributed by atoms with van der Waals surface area (Å²) in [5.74, 6) is -0.313. The number of hydrogen-bond donors (Lipinski definition) is 1. The molecule has 6 nitrogen and oxygen atoms in total. The lowest BCUT2D eigenvalue weighted by molar-refractivity contribution is -0.137. The molecule has 1 fully saturated rings. The van der Waals surface area contributed by atoms with E-state index in [2.05, 4.69) is 9.71 Å². The van der Waals surface area contributed by atoms with Crippen LogP contribution in [0, 0.1) is 0 Å². The lowest BCUT2D eigenvalue weighted by atomic mass is 10.1. The van der Waals surface area contributed by atoms with E-state index in [1.54, 1.807) is 4.90 Å². The van der Waals surface area contributed by atoms with Crippen molar-refractivity contribution in [1.82, 2.24) is 14.6 Å². The molecule has 2 aromatic rings. The van der Waals surface area contributed by atoms with Crippen LogP contribution in [0.3, 0.4) is 0 Å². The molecule has 0 atom stereocenters. The second-order valence-corrected chi connectivity index (χ2v) is 9.21. The van der Waals surface area contributed by atoms with E-state index in [1.165, 1.54) is 17.5 Å². The number of piperidine rings is 1. The molecule has 0 unspecified atom stereocenters. The Morgan fingerprint density at radius 1 is 1.29 bits per heavy atom. The molecule has 152 valence electrons. The fourth-order valence-electron chi connectivity index (χ4n) is 3.00. The van der Waals surface area contributed by atoms with Gasteiger partial charge in [-0.15, -0.1) is 11.3 Å². The molecule has 0 aliphatic carbocycles. The van der Waals surface area contributed by atoms with Gasteiger partial charge in [-0.05, 0) is 25.0 Å². The van der Waals surface area contributed by atoms with Gasteiger partial charge in [-0.2, -0.15) is 13.2 Å². The number of halogens is 3. The number of nitrogens with one attached hydrogen (secondary N) is 1. The highest BCUT2D eigenvalue weighted by Gasteiger charge is 2.31. The normalized spacial score (nSPS) is 16.4. The molecule has 11 heteroatoms. The number of nitrogens with zero attached hydrogens (tertiary/aromatic N) is 2. The number of benzene rings is 1. The van der Waals surface area contributed by atoms with Crippen LogP contribution in [0.2, 0.25) is 0 Å². The van der Waals surface area contributed by atoms with Crippen molar-refractivity contribution in [3.63, 3.8) is 0 Å². The standard InChI is InChI=1S/C17H18F3N3O3S2/c1-28(25,26)22-13-5-7-23(8-6-13)16(24)14-10-27-15(21-14)11-3-2-4-12(9-11)17(18,19)20/h2-4,9-10,13,22H,5-8H2,1H3. The van der Waals surface area contributed by atoms with Gasteiger partial charge in [-0.3, -0.25) is 4.79 Å². The van der Waals surface area contributed by atoms with Crippen LogP contribution in [0.4, 0.5) is 13.2 Å². The highest BCUT2D eigenvalue weighted by atomic mass is 32.2. The number of carbonyl (C=O) groups is 1. The minimum absolute atomic E-state index is 0.173. The smallest absolute Gasteiger partial charge is 0.337 e. The van der Waals surface area contributed by atoms with Crippen LogP contribution in [0.5, 0.6) is 0 Å². The van der Waals surface area contributed by atoms with Gasteiger partial charge in [-0.1, -0.05) is 12.1 Å². The molecule has 0 bridgehead atoms. The van der Waals surface area contributed by atoms with Gasteiger partial charge in [0.25, 0.3) is 5.91 Å². The molecule has 1 aromatic carbocycles. The van der Waals surface area contributed by atoms with Crippen LogP contribution >= 0.6 is 11.3 Å². The Hall–Kier alpha value is -1.98. The third-order valence-electron chi connectivity index (χ3n) is 4.32. The summed E-state index contributed by atoms with van der Waals surface area (Å²) in [6.07, 6.45) is -2.38. The molecular formula is C17H18F3N3O3S2. The predicted octanol–water partition coefficient (Wildman–Crippen LogP) is 2.98. The van der Waals surface area contributed by atoms with Gasteiger partial charge in [-0.25, -0.2) is 18.1 Å². The van der Waals surface area contributed by atoms with Gasteiger partial charge < -0.3 is 4.90 Å². The van der Waals surface area contributed by atoms with Crippen molar-refractivity contribution < 1.29 is 26.4 Å². The van der Waals surface area contributed by atoms with Crippen molar-refractivity contribution in [2.75, 3.05) is 19.3 Å². The number of amides is 1. The third kappa shape index (κ3) is 5.09. The predicted molar refractivity (Wildman–Crippen MR) is 99.5 cm³/mol. The van der Waals surface area contributed by atoms with Gasteiger partial charge in [0.15, 0.2) is 0 Å². The number of thiazole rings is 1. The van der Waals surface area contributed by atoms with Gasteiger partial charge in [0.2, 0.25) is 10.0 Å². The Morgan fingerprint density at radius 2 is 1.96 bits per heavy atom. The first-order chi connectivity index (χ1) is 13.0. The fraction of sp³-hybridized carbons (Fsp3) is 0.412. The van der Waals surface area contributed by atoms with E-state index in [1.807, 2.05) is 0 Å². The molecule has 0 radical (unpaired) electrons. The Bertz CT molecular complexity index is 965. The summed E-state index contributed by atoms with van der Waals surface area (Å²) in [6, 6.07) is 4.61. The quantitative estimate of drug-likeness (QED) is 0.804. The van der Waals surface area contributed by atoms with Gasteiger partial charge in [0.05, 0.1) is 11.8 Å². The summed E-state index contributed by atoms with van der Waals surface area (Å²) in [5, 5.41) is 1.86. The van der Waals surface area contributed by atoms with Crippen LogP contribution < -0.4 is 4.72 Å². The third-order valence-corrected chi connectivity index (χ3v) is 5.98. The topological polar surface area (TPSA) is 79.4 Å². The molecule has 1 aromatic heterocycles. The van der Waals surface area contributed by atoms with E-state index in [9.17, 15) is 26.4 Å². The average molecular weight is 433 g/mol. The van der Waals surface area contributed by atoms with Crippen molar-refractivity contribution in [2.24, 2.45) is 0 Å².